The van der Waals surface area contributed by atoms with Crippen LogP contribution in [0.25, 0.3) is 0 Å². The molecular weight excluding hydrogens is 444 g/mol. The van der Waals surface area contributed by atoms with Crippen molar-refractivity contribution in [2.24, 2.45) is 0 Å². The van der Waals surface area contributed by atoms with Crippen LogP contribution in [-0.4, -0.2) is 22.8 Å². The molecule has 7 nitrogen and oxygen atoms in total. The van der Waals surface area contributed by atoms with Gasteiger partial charge in [-0.1, -0.05) is 19.1 Å². The van der Waals surface area contributed by atoms with Crippen molar-refractivity contribution in [1.82, 2.24) is 5.32 Å². The minimum atomic E-state index is -0.893. The topological polar surface area (TPSA) is 108 Å². The molecule has 3 aromatic carbocycles. The second kappa shape index (κ2) is 11.0. The first kappa shape index (κ1) is 24.4. The quantitative estimate of drug-likeness (QED) is 0.389. The van der Waals surface area contributed by atoms with Crippen LogP contribution in [0, 0.1) is 11.6 Å². The minimum Gasteiger partial charge on any atom is -0.507 e. The van der Waals surface area contributed by atoms with E-state index in [1.54, 1.807) is 24.3 Å². The fraction of sp³-hybridized carbons (Fsp3) is 0.160. The van der Waals surface area contributed by atoms with Crippen molar-refractivity contribution in [3.05, 3.63) is 89.0 Å². The molecule has 0 saturated carbocycles. The van der Waals surface area contributed by atoms with Crippen molar-refractivity contribution in [2.45, 2.75) is 26.3 Å². The molecule has 3 amide bonds. The third-order valence-corrected chi connectivity index (χ3v) is 4.79. The maximum Gasteiger partial charge on any atom is 0.255 e. The van der Waals surface area contributed by atoms with Crippen molar-refractivity contribution in [1.29, 1.82) is 0 Å². The van der Waals surface area contributed by atoms with Crippen molar-refractivity contribution < 1.29 is 28.3 Å². The minimum absolute atomic E-state index is 0.0155. The van der Waals surface area contributed by atoms with E-state index in [1.807, 2.05) is 6.92 Å². The summed E-state index contributed by atoms with van der Waals surface area (Å²) < 4.78 is 26.6. The summed E-state index contributed by atoms with van der Waals surface area (Å²) in [6.07, 6.45) is 1.19. The van der Waals surface area contributed by atoms with Crippen LogP contribution in [0.1, 0.15) is 46.0 Å². The van der Waals surface area contributed by atoms with Gasteiger partial charge in [-0.05, 0) is 48.4 Å². The Morgan fingerprint density at radius 3 is 2.09 bits per heavy atom. The fourth-order valence-corrected chi connectivity index (χ4v) is 3.12. The van der Waals surface area contributed by atoms with Gasteiger partial charge in [-0.25, -0.2) is 8.78 Å². The number of carbonyl (C=O) groups is 3. The number of hydrogen-bond acceptors (Lipinski definition) is 4. The fourth-order valence-electron chi connectivity index (χ4n) is 3.12. The molecule has 4 N–H and O–H groups in total. The van der Waals surface area contributed by atoms with E-state index in [0.29, 0.717) is 18.2 Å². The summed E-state index contributed by atoms with van der Waals surface area (Å²) in [7, 11) is 0. The maximum absolute atomic E-state index is 13.3. The zero-order valence-corrected chi connectivity index (χ0v) is 18.3. The molecule has 176 valence electrons. The number of anilines is 2. The lowest BCUT2D eigenvalue weighted by atomic mass is 10.1. The number of aromatic hydroxyl groups is 1. The predicted molar refractivity (Wildman–Crippen MR) is 124 cm³/mol. The Bertz CT molecular complexity index is 1190. The summed E-state index contributed by atoms with van der Waals surface area (Å²) in [6.45, 7) is 2.10. The van der Waals surface area contributed by atoms with Gasteiger partial charge in [-0.15, -0.1) is 0 Å². The highest BCUT2D eigenvalue weighted by Crippen LogP contribution is 2.23. The Balaban J connectivity index is 1.58. The van der Waals surface area contributed by atoms with Crippen LogP contribution in [0.4, 0.5) is 20.2 Å². The van der Waals surface area contributed by atoms with Gasteiger partial charge in [0, 0.05) is 42.0 Å². The molecule has 9 heteroatoms. The van der Waals surface area contributed by atoms with E-state index in [1.165, 1.54) is 12.1 Å². The Kier molecular flexibility index (Phi) is 7.92. The first-order valence-electron chi connectivity index (χ1n) is 10.5. The monoisotopic (exact) mass is 467 g/mol. The largest absolute Gasteiger partial charge is 0.507 e. The van der Waals surface area contributed by atoms with Gasteiger partial charge in [-0.3, -0.25) is 14.4 Å². The molecule has 3 rings (SSSR count). The van der Waals surface area contributed by atoms with E-state index in [-0.39, 0.29) is 35.0 Å². The number of carbonyl (C=O) groups excluding carboxylic acids is 3. The Morgan fingerprint density at radius 1 is 0.824 bits per heavy atom. The van der Waals surface area contributed by atoms with Crippen LogP contribution in [0.3, 0.4) is 0 Å². The van der Waals surface area contributed by atoms with Crippen LogP contribution in [0.2, 0.25) is 0 Å². The summed E-state index contributed by atoms with van der Waals surface area (Å²) in [6, 6.07) is 13.3. The van der Waals surface area contributed by atoms with Crippen LogP contribution < -0.4 is 16.0 Å². The summed E-state index contributed by atoms with van der Waals surface area (Å²) in [5.41, 5.74) is 1.34. The van der Waals surface area contributed by atoms with Crippen molar-refractivity contribution in [3.8, 4) is 5.75 Å². The van der Waals surface area contributed by atoms with Crippen molar-refractivity contribution in [2.75, 3.05) is 10.6 Å². The van der Waals surface area contributed by atoms with Gasteiger partial charge in [0.05, 0.1) is 5.56 Å². The molecular formula is C25H23F2N3O4. The zero-order chi connectivity index (χ0) is 24.7. The molecule has 0 saturated heterocycles. The average molecular weight is 467 g/mol. The number of nitrogens with one attached hydrogen (secondary N) is 3. The lowest BCUT2D eigenvalue weighted by Crippen LogP contribution is -2.23. The SMILES string of the molecule is CCCC(=O)Nc1ccc(CNC(=O)c2ccc(NC(=O)c3cc(F)cc(F)c3)cc2O)cc1. The molecule has 0 aromatic heterocycles. The molecule has 0 heterocycles. The van der Waals surface area contributed by atoms with E-state index < -0.39 is 23.4 Å². The number of halogens is 2. The van der Waals surface area contributed by atoms with Crippen LogP contribution in [0.15, 0.2) is 60.7 Å². The van der Waals surface area contributed by atoms with Crippen molar-refractivity contribution in [3.63, 3.8) is 0 Å². The van der Waals surface area contributed by atoms with Crippen LogP contribution in [0.5, 0.6) is 5.75 Å². The van der Waals surface area contributed by atoms with E-state index >= 15 is 0 Å². The van der Waals surface area contributed by atoms with E-state index in [0.717, 1.165) is 30.2 Å². The zero-order valence-electron chi connectivity index (χ0n) is 18.3. The van der Waals surface area contributed by atoms with E-state index in [2.05, 4.69) is 16.0 Å². The molecule has 34 heavy (non-hydrogen) atoms. The molecule has 3 aromatic rings. The average Bonchev–Trinajstić information content (AvgIpc) is 2.78. The number of phenolic OH excluding ortho intramolecular Hbond substituents is 1. The molecule has 0 bridgehead atoms. The summed E-state index contributed by atoms with van der Waals surface area (Å²) >= 11 is 0. The lowest BCUT2D eigenvalue weighted by Gasteiger charge is -2.10. The Labute approximate surface area is 194 Å². The smallest absolute Gasteiger partial charge is 0.255 e. The number of hydrogen-bond donors (Lipinski definition) is 4. The standard InChI is InChI=1S/C25H23F2N3O4/c1-2-3-23(32)29-19-6-4-15(5-7-19)14-28-25(34)21-9-8-20(13-22(21)31)30-24(33)16-10-17(26)12-18(27)11-16/h4-13,31H,2-3,14H2,1H3,(H,28,34)(H,29,32)(H,30,33). The molecule has 0 aliphatic carbocycles. The van der Waals surface area contributed by atoms with Gasteiger partial charge >= 0.3 is 0 Å². The van der Waals surface area contributed by atoms with Gasteiger partial charge in [0.25, 0.3) is 11.8 Å². The number of benzene rings is 3. The third-order valence-electron chi connectivity index (χ3n) is 4.79. The van der Waals surface area contributed by atoms with Gasteiger partial charge in [-0.2, -0.15) is 0 Å². The molecule has 0 aliphatic rings. The molecule has 0 fully saturated rings. The summed E-state index contributed by atoms with van der Waals surface area (Å²) in [4.78, 5) is 36.3. The van der Waals surface area contributed by atoms with Crippen LogP contribution in [-0.2, 0) is 11.3 Å². The highest BCUT2D eigenvalue weighted by molar-refractivity contribution is 6.05. The number of rotatable bonds is 8. The number of amides is 3. The molecule has 0 unspecified atom stereocenters. The highest BCUT2D eigenvalue weighted by atomic mass is 19.1. The van der Waals surface area contributed by atoms with Gasteiger partial charge < -0.3 is 21.1 Å². The second-order valence-corrected chi connectivity index (χ2v) is 7.52. The Morgan fingerprint density at radius 2 is 1.47 bits per heavy atom. The molecule has 0 aliphatic heterocycles. The van der Waals surface area contributed by atoms with Gasteiger partial charge in [0.2, 0.25) is 5.91 Å². The Hall–Kier alpha value is -4.27. The predicted octanol–water partition coefficient (Wildman–Crippen LogP) is 4.59. The van der Waals surface area contributed by atoms with Crippen molar-refractivity contribution >= 4 is 29.1 Å². The first-order valence-corrected chi connectivity index (χ1v) is 10.5. The molecule has 0 atom stereocenters. The third kappa shape index (κ3) is 6.61. The molecule has 0 spiro atoms. The van der Waals surface area contributed by atoms with Gasteiger partial charge in [0.1, 0.15) is 17.4 Å². The summed E-state index contributed by atoms with van der Waals surface area (Å²) in [5.74, 6) is -3.55. The second-order valence-electron chi connectivity index (χ2n) is 7.52. The summed E-state index contributed by atoms with van der Waals surface area (Å²) in [5, 5.41) is 18.1. The first-order chi connectivity index (χ1) is 16.2. The van der Waals surface area contributed by atoms with Gasteiger partial charge in [0.15, 0.2) is 0 Å². The lowest BCUT2D eigenvalue weighted by molar-refractivity contribution is -0.116. The highest BCUT2D eigenvalue weighted by Gasteiger charge is 2.14. The maximum atomic E-state index is 13.3. The molecule has 0 radical (unpaired) electrons. The number of phenols is 1. The van der Waals surface area contributed by atoms with Crippen LogP contribution >= 0.6 is 0 Å². The van der Waals surface area contributed by atoms with E-state index in [9.17, 15) is 28.3 Å². The normalized spacial score (nSPS) is 10.4. The van der Waals surface area contributed by atoms with E-state index in [4.69, 9.17) is 0 Å².